The normalized spacial score (nSPS) is 12.8. The zero-order chi connectivity index (χ0) is 11.7. The Morgan fingerprint density at radius 1 is 1.31 bits per heavy atom. The maximum Gasteiger partial charge on any atom is 0.0660 e. The van der Waals surface area contributed by atoms with Crippen molar-refractivity contribution in [3.63, 3.8) is 0 Å². The molecule has 0 spiro atoms. The molecule has 84 valence electrons. The third-order valence-corrected chi connectivity index (χ3v) is 4.27. The Bertz CT molecular complexity index is 509. The van der Waals surface area contributed by atoms with Gasteiger partial charge in [-0.3, -0.25) is 0 Å². The fraction of sp³-hybridized carbons (Fsp3) is 0.167. The van der Waals surface area contributed by atoms with Crippen molar-refractivity contribution in [3.8, 4) is 0 Å². The smallest absolute Gasteiger partial charge is 0.0660 e. The van der Waals surface area contributed by atoms with Gasteiger partial charge in [-0.2, -0.15) is 0 Å². The highest BCUT2D eigenvalue weighted by Gasteiger charge is 2.14. The van der Waals surface area contributed by atoms with Gasteiger partial charge < -0.3 is 5.73 Å². The van der Waals surface area contributed by atoms with E-state index < -0.39 is 0 Å². The molecule has 0 aliphatic heterocycles. The molecule has 1 unspecified atom stereocenters. The Hall–Kier alpha value is -0.350. The molecule has 0 radical (unpaired) electrons. The summed E-state index contributed by atoms with van der Waals surface area (Å²) in [5.41, 5.74) is 7.16. The third kappa shape index (κ3) is 2.48. The summed E-state index contributed by atoms with van der Waals surface area (Å²) in [6.07, 6.45) is 0. The van der Waals surface area contributed by atoms with E-state index in [2.05, 4.69) is 35.0 Å². The lowest BCUT2D eigenvalue weighted by Gasteiger charge is -2.12. The molecule has 0 saturated carbocycles. The van der Waals surface area contributed by atoms with E-state index in [0.717, 1.165) is 14.9 Å². The van der Waals surface area contributed by atoms with Crippen LogP contribution in [0.2, 0.25) is 5.02 Å². The summed E-state index contributed by atoms with van der Waals surface area (Å²) in [6.45, 7) is 2.07. The summed E-state index contributed by atoms with van der Waals surface area (Å²) in [7, 11) is 0. The molecule has 1 aromatic carbocycles. The first-order valence-corrected chi connectivity index (χ1v) is 6.83. The average molecular weight is 317 g/mol. The van der Waals surface area contributed by atoms with E-state index in [-0.39, 0.29) is 6.04 Å². The second-order valence-corrected chi connectivity index (χ2v) is 6.23. The summed E-state index contributed by atoms with van der Waals surface area (Å²) in [6, 6.07) is 9.79. The molecule has 0 saturated heterocycles. The van der Waals surface area contributed by atoms with Gasteiger partial charge in [0.15, 0.2) is 0 Å². The second kappa shape index (κ2) is 4.88. The number of nitrogens with two attached hydrogens (primary N) is 1. The van der Waals surface area contributed by atoms with Gasteiger partial charge in [0.25, 0.3) is 0 Å². The van der Waals surface area contributed by atoms with Gasteiger partial charge in [-0.25, -0.2) is 0 Å². The molecular weight excluding hydrogens is 306 g/mol. The number of aryl methyl sites for hydroxylation is 1. The number of hydrogen-bond acceptors (Lipinski definition) is 2. The Kier molecular flexibility index (Phi) is 3.70. The summed E-state index contributed by atoms with van der Waals surface area (Å²) in [5.74, 6) is 0. The Morgan fingerprint density at radius 2 is 2.06 bits per heavy atom. The van der Waals surface area contributed by atoms with Gasteiger partial charge in [-0.15, -0.1) is 11.3 Å². The molecule has 1 heterocycles. The fourth-order valence-corrected chi connectivity index (χ4v) is 3.22. The zero-order valence-electron chi connectivity index (χ0n) is 8.71. The third-order valence-electron chi connectivity index (χ3n) is 2.37. The summed E-state index contributed by atoms with van der Waals surface area (Å²) in [4.78, 5) is 2.40. The van der Waals surface area contributed by atoms with Crippen molar-refractivity contribution < 1.29 is 0 Å². The molecule has 0 bridgehead atoms. The molecule has 1 atom stereocenters. The van der Waals surface area contributed by atoms with Crippen LogP contribution in [0.3, 0.4) is 0 Å². The number of halogens is 2. The minimum atomic E-state index is -0.140. The second-order valence-electron chi connectivity index (χ2n) is 3.59. The van der Waals surface area contributed by atoms with Crippen molar-refractivity contribution in [3.05, 3.63) is 55.1 Å². The molecule has 0 fully saturated rings. The van der Waals surface area contributed by atoms with Gasteiger partial charge in [0, 0.05) is 19.2 Å². The lowest BCUT2D eigenvalue weighted by Crippen LogP contribution is -2.10. The summed E-state index contributed by atoms with van der Waals surface area (Å²) >= 11 is 11.3. The predicted octanol–water partition coefficient (Wildman–Crippen LogP) is 4.52. The van der Waals surface area contributed by atoms with Crippen LogP contribution in [0.5, 0.6) is 0 Å². The van der Waals surface area contributed by atoms with Crippen molar-refractivity contribution in [1.82, 2.24) is 0 Å². The van der Waals surface area contributed by atoms with Crippen molar-refractivity contribution in [2.45, 2.75) is 13.0 Å². The highest BCUT2D eigenvalue weighted by atomic mass is 79.9. The van der Waals surface area contributed by atoms with Gasteiger partial charge in [0.1, 0.15) is 0 Å². The Balaban J connectivity index is 2.37. The molecule has 0 aliphatic rings. The van der Waals surface area contributed by atoms with Gasteiger partial charge in [0.2, 0.25) is 0 Å². The SMILES string of the molecule is Cc1ccc(C(N)c2ccc(Br)cc2Cl)s1. The number of thiophene rings is 1. The molecule has 1 aromatic heterocycles. The number of hydrogen-bond donors (Lipinski definition) is 1. The lowest BCUT2D eigenvalue weighted by atomic mass is 10.1. The molecule has 2 N–H and O–H groups in total. The van der Waals surface area contributed by atoms with E-state index in [0.29, 0.717) is 5.02 Å². The highest BCUT2D eigenvalue weighted by molar-refractivity contribution is 9.10. The van der Waals surface area contributed by atoms with Crippen LogP contribution >= 0.6 is 38.9 Å². The minimum absolute atomic E-state index is 0.140. The van der Waals surface area contributed by atoms with Crippen LogP contribution in [-0.2, 0) is 0 Å². The van der Waals surface area contributed by atoms with Crippen molar-refractivity contribution in [2.24, 2.45) is 5.73 Å². The molecular formula is C12H11BrClNS. The first-order valence-electron chi connectivity index (χ1n) is 4.85. The predicted molar refractivity (Wildman–Crippen MR) is 74.2 cm³/mol. The van der Waals surface area contributed by atoms with Crippen LogP contribution in [0.15, 0.2) is 34.8 Å². The van der Waals surface area contributed by atoms with E-state index in [1.165, 1.54) is 4.88 Å². The van der Waals surface area contributed by atoms with Crippen LogP contribution in [0.25, 0.3) is 0 Å². The van der Waals surface area contributed by atoms with Crippen molar-refractivity contribution in [2.75, 3.05) is 0 Å². The largest absolute Gasteiger partial charge is 0.320 e. The summed E-state index contributed by atoms with van der Waals surface area (Å²) in [5, 5.41) is 0.702. The van der Waals surface area contributed by atoms with E-state index in [4.69, 9.17) is 17.3 Å². The van der Waals surface area contributed by atoms with Crippen LogP contribution in [0.1, 0.15) is 21.4 Å². The maximum atomic E-state index is 6.19. The van der Waals surface area contributed by atoms with E-state index in [1.54, 1.807) is 11.3 Å². The van der Waals surface area contributed by atoms with Crippen molar-refractivity contribution in [1.29, 1.82) is 0 Å². The number of benzene rings is 1. The quantitative estimate of drug-likeness (QED) is 0.866. The molecule has 2 rings (SSSR count). The molecule has 2 aromatic rings. The monoisotopic (exact) mass is 315 g/mol. The van der Waals surface area contributed by atoms with Crippen LogP contribution in [-0.4, -0.2) is 0 Å². The van der Waals surface area contributed by atoms with E-state index >= 15 is 0 Å². The van der Waals surface area contributed by atoms with Gasteiger partial charge in [-0.05, 0) is 36.8 Å². The van der Waals surface area contributed by atoms with Crippen molar-refractivity contribution >= 4 is 38.9 Å². The first kappa shape index (κ1) is 12.1. The van der Waals surface area contributed by atoms with Gasteiger partial charge in [0.05, 0.1) is 6.04 Å². The Morgan fingerprint density at radius 3 is 2.62 bits per heavy atom. The maximum absolute atomic E-state index is 6.19. The molecule has 0 amide bonds. The fourth-order valence-electron chi connectivity index (χ4n) is 1.53. The van der Waals surface area contributed by atoms with Crippen LogP contribution < -0.4 is 5.73 Å². The highest BCUT2D eigenvalue weighted by Crippen LogP contribution is 2.31. The molecule has 4 heteroatoms. The minimum Gasteiger partial charge on any atom is -0.320 e. The van der Waals surface area contributed by atoms with Gasteiger partial charge in [-0.1, -0.05) is 33.6 Å². The standard InChI is InChI=1S/C12H11BrClNS/c1-7-2-5-11(16-7)12(15)9-4-3-8(13)6-10(9)14/h2-6,12H,15H2,1H3. The van der Waals surface area contributed by atoms with Crippen LogP contribution in [0.4, 0.5) is 0 Å². The first-order chi connectivity index (χ1) is 7.58. The zero-order valence-corrected chi connectivity index (χ0v) is 11.9. The molecule has 16 heavy (non-hydrogen) atoms. The van der Waals surface area contributed by atoms with Crippen LogP contribution in [0, 0.1) is 6.92 Å². The van der Waals surface area contributed by atoms with Gasteiger partial charge >= 0.3 is 0 Å². The van der Waals surface area contributed by atoms with E-state index in [1.807, 2.05) is 18.2 Å². The topological polar surface area (TPSA) is 26.0 Å². The summed E-state index contributed by atoms with van der Waals surface area (Å²) < 4.78 is 0.968. The number of rotatable bonds is 2. The lowest BCUT2D eigenvalue weighted by molar-refractivity contribution is 0.893. The van der Waals surface area contributed by atoms with E-state index in [9.17, 15) is 0 Å². The average Bonchev–Trinajstić information content (AvgIpc) is 2.64. The Labute approximate surface area is 112 Å². The molecule has 1 nitrogen and oxygen atoms in total. The molecule has 0 aliphatic carbocycles.